The standard InChI is InChI=1S/C23H32N4OS/c28-23(18-7-8-18)24-19-9-5-17(6-10-19)11-12-26-13-15-27(16-14-26)22-20-3-1-2-4-21(20)29-25-22/h1-4,17-19H,5-16H2,(H,24,28). The van der Waals surface area contributed by atoms with Crippen LogP contribution in [0.3, 0.4) is 0 Å². The average Bonchev–Trinajstić information content (AvgIpc) is 3.53. The summed E-state index contributed by atoms with van der Waals surface area (Å²) < 4.78 is 6.01. The third kappa shape index (κ3) is 4.58. The molecular formula is C23H32N4OS. The lowest BCUT2D eigenvalue weighted by Gasteiger charge is -2.36. The van der Waals surface area contributed by atoms with Crippen LogP contribution in [-0.4, -0.2) is 53.9 Å². The Morgan fingerprint density at radius 1 is 1.03 bits per heavy atom. The Morgan fingerprint density at radius 3 is 2.55 bits per heavy atom. The van der Waals surface area contributed by atoms with Crippen molar-refractivity contribution in [1.29, 1.82) is 0 Å². The molecule has 0 unspecified atom stereocenters. The molecule has 5 rings (SSSR count). The van der Waals surface area contributed by atoms with E-state index >= 15 is 0 Å². The maximum atomic E-state index is 11.9. The molecule has 29 heavy (non-hydrogen) atoms. The fourth-order valence-electron chi connectivity index (χ4n) is 4.91. The van der Waals surface area contributed by atoms with Crippen LogP contribution < -0.4 is 10.2 Å². The van der Waals surface area contributed by atoms with E-state index in [0.29, 0.717) is 17.9 Å². The van der Waals surface area contributed by atoms with Crippen LogP contribution in [0.25, 0.3) is 10.1 Å². The van der Waals surface area contributed by atoms with Crippen molar-refractivity contribution in [2.45, 2.75) is 51.0 Å². The zero-order valence-corrected chi connectivity index (χ0v) is 18.0. The van der Waals surface area contributed by atoms with Gasteiger partial charge in [0.05, 0.1) is 4.70 Å². The molecule has 0 spiro atoms. The summed E-state index contributed by atoms with van der Waals surface area (Å²) in [5, 5.41) is 4.58. The maximum absolute atomic E-state index is 11.9. The van der Waals surface area contributed by atoms with Gasteiger partial charge in [0.25, 0.3) is 0 Å². The van der Waals surface area contributed by atoms with Crippen molar-refractivity contribution in [2.24, 2.45) is 11.8 Å². The van der Waals surface area contributed by atoms with E-state index in [0.717, 1.165) is 44.9 Å². The van der Waals surface area contributed by atoms with Crippen LogP contribution in [0.1, 0.15) is 44.9 Å². The largest absolute Gasteiger partial charge is 0.353 e. The summed E-state index contributed by atoms with van der Waals surface area (Å²) >= 11 is 1.61. The van der Waals surface area contributed by atoms with Gasteiger partial charge in [-0.25, -0.2) is 0 Å². The van der Waals surface area contributed by atoms with Gasteiger partial charge in [-0.05, 0) is 81.1 Å². The Bertz CT molecular complexity index is 832. The van der Waals surface area contributed by atoms with E-state index < -0.39 is 0 Å². The quantitative estimate of drug-likeness (QED) is 0.782. The molecule has 1 saturated heterocycles. The SMILES string of the molecule is O=C(NC1CCC(CCN2CCN(c3nsc4ccccc34)CC2)CC1)C1CC1. The van der Waals surface area contributed by atoms with Crippen LogP contribution in [0.5, 0.6) is 0 Å². The van der Waals surface area contributed by atoms with Crippen molar-refractivity contribution >= 4 is 33.3 Å². The summed E-state index contributed by atoms with van der Waals surface area (Å²) in [6, 6.07) is 9.01. The molecular weight excluding hydrogens is 380 g/mol. The zero-order valence-electron chi connectivity index (χ0n) is 17.2. The number of benzene rings is 1. The number of fused-ring (bicyclic) bond motifs is 1. The highest BCUT2D eigenvalue weighted by atomic mass is 32.1. The molecule has 3 fully saturated rings. The van der Waals surface area contributed by atoms with Gasteiger partial charge in [0, 0.05) is 43.5 Å². The van der Waals surface area contributed by atoms with Gasteiger partial charge in [0.15, 0.2) is 0 Å². The summed E-state index contributed by atoms with van der Waals surface area (Å²) in [5.41, 5.74) is 0. The fourth-order valence-corrected chi connectivity index (χ4v) is 5.70. The molecule has 1 N–H and O–H groups in total. The molecule has 6 heteroatoms. The number of hydrogen-bond donors (Lipinski definition) is 1. The van der Waals surface area contributed by atoms with Crippen LogP contribution in [0.2, 0.25) is 0 Å². The molecule has 2 saturated carbocycles. The lowest BCUT2D eigenvalue weighted by atomic mass is 9.84. The molecule has 1 aliphatic heterocycles. The molecule has 156 valence electrons. The molecule has 0 radical (unpaired) electrons. The van der Waals surface area contributed by atoms with Gasteiger partial charge >= 0.3 is 0 Å². The van der Waals surface area contributed by atoms with Crippen molar-refractivity contribution in [2.75, 3.05) is 37.6 Å². The third-order valence-corrected chi connectivity index (χ3v) is 7.84. The Hall–Kier alpha value is -1.66. The van der Waals surface area contributed by atoms with Gasteiger partial charge in [-0.2, -0.15) is 4.37 Å². The lowest BCUT2D eigenvalue weighted by molar-refractivity contribution is -0.123. The number of anilines is 1. The number of amides is 1. The van der Waals surface area contributed by atoms with Crippen molar-refractivity contribution in [3.63, 3.8) is 0 Å². The number of rotatable bonds is 6. The summed E-state index contributed by atoms with van der Waals surface area (Å²) in [4.78, 5) is 17.0. The molecule has 0 atom stereocenters. The van der Waals surface area contributed by atoms with Crippen molar-refractivity contribution < 1.29 is 4.79 Å². The second-order valence-corrected chi connectivity index (χ2v) is 9.93. The molecule has 0 bridgehead atoms. The first-order valence-corrected chi connectivity index (χ1v) is 12.2. The topological polar surface area (TPSA) is 48.5 Å². The minimum atomic E-state index is 0.319. The normalized spacial score (nSPS) is 26.0. The van der Waals surface area contributed by atoms with E-state index in [1.54, 1.807) is 11.5 Å². The van der Waals surface area contributed by atoms with E-state index in [4.69, 9.17) is 4.37 Å². The summed E-state index contributed by atoms with van der Waals surface area (Å²) in [6.45, 7) is 5.65. The van der Waals surface area contributed by atoms with Crippen molar-refractivity contribution in [3.8, 4) is 0 Å². The van der Waals surface area contributed by atoms with E-state index in [1.807, 2.05) is 0 Å². The number of piperazine rings is 1. The minimum absolute atomic E-state index is 0.319. The number of nitrogens with one attached hydrogen (secondary N) is 1. The highest BCUT2D eigenvalue weighted by molar-refractivity contribution is 7.13. The van der Waals surface area contributed by atoms with E-state index in [2.05, 4.69) is 39.4 Å². The second kappa shape index (κ2) is 8.60. The van der Waals surface area contributed by atoms with Gasteiger partial charge in [-0.3, -0.25) is 9.69 Å². The first-order chi connectivity index (χ1) is 14.3. The smallest absolute Gasteiger partial charge is 0.223 e. The van der Waals surface area contributed by atoms with E-state index in [1.165, 1.54) is 54.6 Å². The van der Waals surface area contributed by atoms with Gasteiger partial charge < -0.3 is 10.2 Å². The van der Waals surface area contributed by atoms with E-state index in [9.17, 15) is 4.79 Å². The molecule has 1 amide bonds. The molecule has 1 aromatic carbocycles. The summed E-state index contributed by atoms with van der Waals surface area (Å²) in [6.07, 6.45) is 8.42. The average molecular weight is 413 g/mol. The first-order valence-electron chi connectivity index (χ1n) is 11.4. The molecule has 1 aromatic heterocycles. The minimum Gasteiger partial charge on any atom is -0.353 e. The summed E-state index contributed by atoms with van der Waals surface area (Å²) in [5.74, 6) is 2.68. The van der Waals surface area contributed by atoms with Crippen LogP contribution in [0, 0.1) is 11.8 Å². The molecule has 5 nitrogen and oxygen atoms in total. The highest BCUT2D eigenvalue weighted by Crippen LogP contribution is 2.32. The van der Waals surface area contributed by atoms with Crippen LogP contribution in [0.15, 0.2) is 24.3 Å². The number of nitrogens with zero attached hydrogens (tertiary/aromatic N) is 3. The van der Waals surface area contributed by atoms with Gasteiger partial charge in [0.2, 0.25) is 5.91 Å². The molecule has 2 aromatic rings. The zero-order chi connectivity index (χ0) is 19.6. The third-order valence-electron chi connectivity index (χ3n) is 7.03. The Balaban J connectivity index is 1.03. The Kier molecular flexibility index (Phi) is 5.73. The maximum Gasteiger partial charge on any atom is 0.223 e. The Labute approximate surface area is 177 Å². The number of aromatic nitrogens is 1. The van der Waals surface area contributed by atoms with Crippen molar-refractivity contribution in [3.05, 3.63) is 24.3 Å². The number of hydrogen-bond acceptors (Lipinski definition) is 5. The van der Waals surface area contributed by atoms with Crippen LogP contribution in [0.4, 0.5) is 5.82 Å². The van der Waals surface area contributed by atoms with Gasteiger partial charge in [-0.15, -0.1) is 0 Å². The second-order valence-electron chi connectivity index (χ2n) is 9.12. The van der Waals surface area contributed by atoms with E-state index in [-0.39, 0.29) is 0 Å². The number of carbonyl (C=O) groups excluding carboxylic acids is 1. The van der Waals surface area contributed by atoms with Crippen molar-refractivity contribution in [1.82, 2.24) is 14.6 Å². The Morgan fingerprint density at radius 2 is 1.79 bits per heavy atom. The molecule has 2 aliphatic carbocycles. The van der Waals surface area contributed by atoms with Crippen LogP contribution >= 0.6 is 11.5 Å². The van der Waals surface area contributed by atoms with Gasteiger partial charge in [0.1, 0.15) is 5.82 Å². The highest BCUT2D eigenvalue weighted by Gasteiger charge is 2.32. The molecule has 2 heterocycles. The first kappa shape index (κ1) is 19.3. The predicted octanol–water partition coefficient (Wildman–Crippen LogP) is 3.89. The van der Waals surface area contributed by atoms with Gasteiger partial charge in [-0.1, -0.05) is 12.1 Å². The lowest BCUT2D eigenvalue weighted by Crippen LogP contribution is -2.47. The molecule has 3 aliphatic rings. The van der Waals surface area contributed by atoms with Crippen LogP contribution in [-0.2, 0) is 4.79 Å². The predicted molar refractivity (Wildman–Crippen MR) is 120 cm³/mol. The summed E-state index contributed by atoms with van der Waals surface area (Å²) in [7, 11) is 0. The number of carbonyl (C=O) groups is 1. The fraction of sp³-hybridized carbons (Fsp3) is 0.652. The monoisotopic (exact) mass is 412 g/mol.